The molecule has 3 rings (SSSR count). The molecule has 0 saturated heterocycles. The van der Waals surface area contributed by atoms with E-state index in [9.17, 15) is 4.79 Å². The van der Waals surface area contributed by atoms with Gasteiger partial charge < -0.3 is 9.67 Å². The number of carboxylic acid groups (broad SMARTS) is 1. The van der Waals surface area contributed by atoms with Crippen LogP contribution in [0.4, 0.5) is 0 Å². The number of nitrogens with zero attached hydrogens (tertiary/aromatic N) is 3. The van der Waals surface area contributed by atoms with Crippen LogP contribution in [0, 0.1) is 10.8 Å². The van der Waals surface area contributed by atoms with Gasteiger partial charge >= 0.3 is 5.97 Å². The van der Waals surface area contributed by atoms with Gasteiger partial charge in [-0.05, 0) is 23.7 Å². The normalized spacial score (nSPS) is 23.8. The van der Waals surface area contributed by atoms with E-state index in [-0.39, 0.29) is 16.6 Å². The van der Waals surface area contributed by atoms with Crippen LogP contribution in [-0.4, -0.2) is 31.6 Å². The van der Waals surface area contributed by atoms with Crippen LogP contribution < -0.4 is 0 Å². The van der Waals surface area contributed by atoms with Crippen LogP contribution in [0.15, 0.2) is 5.16 Å². The van der Waals surface area contributed by atoms with Gasteiger partial charge in [0.25, 0.3) is 0 Å². The molecule has 0 amide bonds. The average Bonchev–Trinajstić information content (AvgIpc) is 3.17. The van der Waals surface area contributed by atoms with Gasteiger partial charge in [-0.2, -0.15) is 0 Å². The molecular formula is C14H21N3O2S. The first-order valence-electron chi connectivity index (χ1n) is 7.06. The Labute approximate surface area is 123 Å². The minimum absolute atomic E-state index is 0.0381. The molecule has 0 atom stereocenters. The highest BCUT2D eigenvalue weighted by molar-refractivity contribution is 7.99. The number of aliphatic carboxylic acids is 1. The molecule has 0 radical (unpaired) electrons. The summed E-state index contributed by atoms with van der Waals surface area (Å²) >= 11 is 1.28. The highest BCUT2D eigenvalue weighted by Gasteiger charge is 2.67. The Morgan fingerprint density at radius 3 is 2.35 bits per heavy atom. The van der Waals surface area contributed by atoms with Crippen molar-refractivity contribution in [1.82, 2.24) is 14.8 Å². The Morgan fingerprint density at radius 2 is 1.90 bits per heavy atom. The van der Waals surface area contributed by atoms with Crippen molar-refractivity contribution in [2.45, 2.75) is 57.7 Å². The van der Waals surface area contributed by atoms with Gasteiger partial charge in [-0.3, -0.25) is 4.79 Å². The van der Waals surface area contributed by atoms with Gasteiger partial charge in [-0.15, -0.1) is 10.2 Å². The van der Waals surface area contributed by atoms with E-state index in [1.54, 1.807) is 0 Å². The molecule has 0 unspecified atom stereocenters. The summed E-state index contributed by atoms with van der Waals surface area (Å²) in [5.74, 6) is 0.804. The van der Waals surface area contributed by atoms with Crippen LogP contribution in [-0.2, 0) is 4.79 Å². The summed E-state index contributed by atoms with van der Waals surface area (Å²) in [5, 5.41) is 18.2. The predicted molar refractivity (Wildman–Crippen MR) is 77.0 cm³/mol. The first-order valence-corrected chi connectivity index (χ1v) is 8.04. The number of aromatic nitrogens is 3. The smallest absolute Gasteiger partial charge is 0.313 e. The minimum Gasteiger partial charge on any atom is -0.481 e. The first-order chi connectivity index (χ1) is 9.26. The molecule has 20 heavy (non-hydrogen) atoms. The molecule has 2 aliphatic carbocycles. The summed E-state index contributed by atoms with van der Waals surface area (Å²) < 4.78 is 2.23. The summed E-state index contributed by atoms with van der Waals surface area (Å²) in [6.45, 7) is 9.06. The number of carbonyl (C=O) groups is 1. The summed E-state index contributed by atoms with van der Waals surface area (Å²) in [5.41, 5.74) is 0.384. The molecule has 6 heteroatoms. The third kappa shape index (κ3) is 1.96. The lowest BCUT2D eigenvalue weighted by molar-refractivity contribution is -0.133. The van der Waals surface area contributed by atoms with Crippen molar-refractivity contribution in [3.05, 3.63) is 5.82 Å². The molecule has 1 N–H and O–H groups in total. The van der Waals surface area contributed by atoms with Crippen molar-refractivity contribution in [3.8, 4) is 0 Å². The molecule has 110 valence electrons. The molecule has 1 aromatic heterocycles. The highest BCUT2D eigenvalue weighted by atomic mass is 32.2. The maximum atomic E-state index is 10.8. The number of hydrogen-bond acceptors (Lipinski definition) is 4. The van der Waals surface area contributed by atoms with E-state index in [1.807, 2.05) is 0 Å². The molecule has 1 heterocycles. The molecule has 0 spiro atoms. The quantitative estimate of drug-likeness (QED) is 0.846. The van der Waals surface area contributed by atoms with Crippen LogP contribution in [0.25, 0.3) is 0 Å². The van der Waals surface area contributed by atoms with E-state index in [4.69, 9.17) is 5.11 Å². The fraction of sp³-hybridized carbons (Fsp3) is 0.786. The van der Waals surface area contributed by atoms with Gasteiger partial charge in [0.05, 0.1) is 5.75 Å². The Bertz CT molecular complexity index is 547. The van der Waals surface area contributed by atoms with Gasteiger partial charge in [0.2, 0.25) is 0 Å². The van der Waals surface area contributed by atoms with Gasteiger partial charge in [-0.1, -0.05) is 39.5 Å². The zero-order valence-electron chi connectivity index (χ0n) is 12.4. The number of thioether (sulfide) groups is 1. The van der Waals surface area contributed by atoms with E-state index in [1.165, 1.54) is 24.6 Å². The van der Waals surface area contributed by atoms with Crippen molar-refractivity contribution in [2.75, 3.05) is 5.75 Å². The SMILES string of the molecule is CC1(C)C(n2c(SCC(=O)O)nnc2C2CC2)C1(C)C. The first kappa shape index (κ1) is 13.9. The largest absolute Gasteiger partial charge is 0.481 e. The lowest BCUT2D eigenvalue weighted by atomic mass is 10.0. The molecule has 5 nitrogen and oxygen atoms in total. The standard InChI is InChI=1S/C14H21N3O2S/c1-13(2)11(14(13,3)4)17-10(8-5-6-8)15-16-12(17)20-7-9(18)19/h8,11H,5-7H2,1-4H3,(H,18,19). The van der Waals surface area contributed by atoms with Gasteiger partial charge in [0, 0.05) is 12.0 Å². The second kappa shape index (κ2) is 4.23. The Balaban J connectivity index is 1.95. The van der Waals surface area contributed by atoms with E-state index in [2.05, 4.69) is 42.5 Å². The molecule has 2 fully saturated rings. The minimum atomic E-state index is -0.813. The third-order valence-corrected chi connectivity index (χ3v) is 6.09. The van der Waals surface area contributed by atoms with E-state index in [0.29, 0.717) is 12.0 Å². The van der Waals surface area contributed by atoms with Crippen molar-refractivity contribution >= 4 is 17.7 Å². The highest BCUT2D eigenvalue weighted by Crippen LogP contribution is 2.72. The Hall–Kier alpha value is -1.04. The van der Waals surface area contributed by atoms with Gasteiger partial charge in [0.15, 0.2) is 5.16 Å². The van der Waals surface area contributed by atoms with Crippen LogP contribution in [0.3, 0.4) is 0 Å². The number of hydrogen-bond donors (Lipinski definition) is 1. The van der Waals surface area contributed by atoms with E-state index < -0.39 is 5.97 Å². The van der Waals surface area contributed by atoms with Gasteiger partial charge in [0.1, 0.15) is 5.82 Å². The molecule has 2 aliphatic rings. The monoisotopic (exact) mass is 295 g/mol. The number of carboxylic acids is 1. The Kier molecular flexibility index (Phi) is 2.94. The maximum absolute atomic E-state index is 10.8. The van der Waals surface area contributed by atoms with Crippen molar-refractivity contribution in [1.29, 1.82) is 0 Å². The summed E-state index contributed by atoms with van der Waals surface area (Å²) in [4.78, 5) is 10.8. The second-order valence-electron chi connectivity index (χ2n) is 7.01. The van der Waals surface area contributed by atoms with Crippen LogP contribution in [0.2, 0.25) is 0 Å². The average molecular weight is 295 g/mol. The predicted octanol–water partition coefficient (Wildman–Crippen LogP) is 2.94. The Morgan fingerprint density at radius 1 is 1.30 bits per heavy atom. The van der Waals surface area contributed by atoms with Crippen molar-refractivity contribution < 1.29 is 9.90 Å². The molecule has 0 bridgehead atoms. The van der Waals surface area contributed by atoms with Crippen LogP contribution >= 0.6 is 11.8 Å². The van der Waals surface area contributed by atoms with Gasteiger partial charge in [-0.25, -0.2) is 0 Å². The zero-order chi connectivity index (χ0) is 14.7. The second-order valence-corrected chi connectivity index (χ2v) is 7.96. The van der Waals surface area contributed by atoms with E-state index in [0.717, 1.165) is 11.0 Å². The van der Waals surface area contributed by atoms with E-state index >= 15 is 0 Å². The zero-order valence-corrected chi connectivity index (χ0v) is 13.2. The lowest BCUT2D eigenvalue weighted by Crippen LogP contribution is -2.08. The molecule has 0 aliphatic heterocycles. The summed E-state index contributed by atoms with van der Waals surface area (Å²) in [7, 11) is 0. The fourth-order valence-electron chi connectivity index (χ4n) is 3.18. The maximum Gasteiger partial charge on any atom is 0.313 e. The molecule has 2 saturated carbocycles. The molecule has 0 aromatic carbocycles. The van der Waals surface area contributed by atoms with Crippen molar-refractivity contribution in [3.63, 3.8) is 0 Å². The number of rotatable bonds is 5. The third-order valence-electron chi connectivity index (χ3n) is 5.16. The fourth-order valence-corrected chi connectivity index (χ4v) is 3.87. The van der Waals surface area contributed by atoms with Crippen LogP contribution in [0.1, 0.15) is 58.3 Å². The summed E-state index contributed by atoms with van der Waals surface area (Å²) in [6, 6.07) is 0.358. The van der Waals surface area contributed by atoms with Crippen LogP contribution in [0.5, 0.6) is 0 Å². The summed E-state index contributed by atoms with van der Waals surface area (Å²) in [6.07, 6.45) is 2.35. The molecule has 1 aromatic rings. The topological polar surface area (TPSA) is 68.0 Å². The molecular weight excluding hydrogens is 274 g/mol. The van der Waals surface area contributed by atoms with Crippen molar-refractivity contribution in [2.24, 2.45) is 10.8 Å². The lowest BCUT2D eigenvalue weighted by Gasteiger charge is -2.11.